The number of halogens is 2. The van der Waals surface area contributed by atoms with E-state index in [0.717, 1.165) is 29.2 Å². The number of aliphatic hydroxyl groups is 1. The SMILES string of the molecule is CCOc1ccc(Cl)c(/C(O)=C2\C(=O)C(=O)N(c3cccc(F)c3)C2c2ccc(O)c([N+](=O)[O-])c2)c1. The number of hydrogen-bond acceptors (Lipinski definition) is 7. The van der Waals surface area contributed by atoms with Gasteiger partial charge in [-0.05, 0) is 55.0 Å². The molecule has 3 aromatic carbocycles. The van der Waals surface area contributed by atoms with Gasteiger partial charge < -0.3 is 14.9 Å². The van der Waals surface area contributed by atoms with Crippen molar-refractivity contribution >= 4 is 40.4 Å². The Labute approximate surface area is 208 Å². The molecule has 3 aromatic rings. The minimum absolute atomic E-state index is 0.0154. The highest BCUT2D eigenvalue weighted by Gasteiger charge is 2.47. The fourth-order valence-electron chi connectivity index (χ4n) is 3.98. The number of anilines is 1. The summed E-state index contributed by atoms with van der Waals surface area (Å²) < 4.78 is 19.5. The third-order valence-corrected chi connectivity index (χ3v) is 5.88. The summed E-state index contributed by atoms with van der Waals surface area (Å²) >= 11 is 6.28. The number of hydrogen-bond donors (Lipinski definition) is 2. The number of aliphatic hydroxyl groups excluding tert-OH is 1. The number of rotatable bonds is 6. The third-order valence-electron chi connectivity index (χ3n) is 5.55. The summed E-state index contributed by atoms with van der Waals surface area (Å²) in [5, 5.41) is 32.7. The molecular weight excluding hydrogens is 495 g/mol. The lowest BCUT2D eigenvalue weighted by Crippen LogP contribution is -2.29. The lowest BCUT2D eigenvalue weighted by atomic mass is 9.94. The van der Waals surface area contributed by atoms with E-state index in [4.69, 9.17) is 16.3 Å². The molecule has 1 atom stereocenters. The maximum absolute atomic E-state index is 14.0. The van der Waals surface area contributed by atoms with Crippen LogP contribution in [0.3, 0.4) is 0 Å². The van der Waals surface area contributed by atoms with Gasteiger partial charge >= 0.3 is 5.69 Å². The number of nitro benzene ring substituents is 1. The van der Waals surface area contributed by atoms with Crippen molar-refractivity contribution in [2.75, 3.05) is 11.5 Å². The van der Waals surface area contributed by atoms with E-state index in [1.165, 1.54) is 30.3 Å². The maximum atomic E-state index is 14.0. The van der Waals surface area contributed by atoms with Gasteiger partial charge in [-0.3, -0.25) is 24.6 Å². The molecule has 0 radical (unpaired) electrons. The van der Waals surface area contributed by atoms with Crippen molar-refractivity contribution < 1.29 is 33.9 Å². The molecule has 1 fully saturated rings. The van der Waals surface area contributed by atoms with E-state index < -0.39 is 51.2 Å². The number of ketones is 1. The highest BCUT2D eigenvalue weighted by Crippen LogP contribution is 2.45. The lowest BCUT2D eigenvalue weighted by Gasteiger charge is -2.25. The van der Waals surface area contributed by atoms with Crippen LogP contribution in [0.2, 0.25) is 5.02 Å². The van der Waals surface area contributed by atoms with Crippen LogP contribution >= 0.6 is 11.6 Å². The predicted molar refractivity (Wildman–Crippen MR) is 129 cm³/mol. The van der Waals surface area contributed by atoms with Crippen LogP contribution in [-0.4, -0.2) is 33.4 Å². The molecule has 36 heavy (non-hydrogen) atoms. The fraction of sp³-hybridized carbons (Fsp3) is 0.120. The van der Waals surface area contributed by atoms with Crippen LogP contribution in [0.4, 0.5) is 15.8 Å². The van der Waals surface area contributed by atoms with Gasteiger partial charge in [0, 0.05) is 17.3 Å². The van der Waals surface area contributed by atoms with Gasteiger partial charge in [0.05, 0.1) is 28.2 Å². The summed E-state index contributed by atoms with van der Waals surface area (Å²) in [5.74, 6) is -3.87. The van der Waals surface area contributed by atoms with Crippen LogP contribution < -0.4 is 9.64 Å². The minimum Gasteiger partial charge on any atom is -0.507 e. The first-order valence-corrected chi connectivity index (χ1v) is 11.0. The number of amides is 1. The zero-order valence-electron chi connectivity index (χ0n) is 18.6. The summed E-state index contributed by atoms with van der Waals surface area (Å²) in [6.07, 6.45) is 0. The molecule has 1 amide bonds. The zero-order valence-corrected chi connectivity index (χ0v) is 19.4. The Hall–Kier alpha value is -4.44. The van der Waals surface area contributed by atoms with Crippen LogP contribution in [-0.2, 0) is 9.59 Å². The van der Waals surface area contributed by atoms with Crippen LogP contribution in [0.1, 0.15) is 24.1 Å². The molecule has 0 saturated carbocycles. The van der Waals surface area contributed by atoms with Gasteiger partial charge in [-0.25, -0.2) is 4.39 Å². The van der Waals surface area contributed by atoms with Crippen molar-refractivity contribution in [1.82, 2.24) is 0 Å². The second-order valence-corrected chi connectivity index (χ2v) is 8.14. The second kappa shape index (κ2) is 9.67. The molecule has 184 valence electrons. The molecule has 0 bridgehead atoms. The average molecular weight is 513 g/mol. The van der Waals surface area contributed by atoms with Crippen molar-refractivity contribution in [2.24, 2.45) is 0 Å². The summed E-state index contributed by atoms with van der Waals surface area (Å²) in [6, 6.07) is 11.1. The lowest BCUT2D eigenvalue weighted by molar-refractivity contribution is -0.385. The van der Waals surface area contributed by atoms with Gasteiger partial charge in [0.25, 0.3) is 11.7 Å². The Morgan fingerprint density at radius 3 is 2.58 bits per heavy atom. The third kappa shape index (κ3) is 4.34. The normalized spacial score (nSPS) is 16.9. The second-order valence-electron chi connectivity index (χ2n) is 7.73. The number of benzene rings is 3. The maximum Gasteiger partial charge on any atom is 0.311 e. The molecule has 1 heterocycles. The molecule has 0 aliphatic carbocycles. The topological polar surface area (TPSA) is 130 Å². The monoisotopic (exact) mass is 512 g/mol. The molecule has 4 rings (SSSR count). The molecule has 1 unspecified atom stereocenters. The highest BCUT2D eigenvalue weighted by molar-refractivity contribution is 6.52. The van der Waals surface area contributed by atoms with Crippen molar-refractivity contribution in [3.63, 3.8) is 0 Å². The van der Waals surface area contributed by atoms with E-state index in [1.807, 2.05) is 0 Å². The minimum atomic E-state index is -1.40. The number of ether oxygens (including phenoxy) is 1. The molecule has 1 saturated heterocycles. The zero-order chi connectivity index (χ0) is 26.1. The number of nitrogens with zero attached hydrogens (tertiary/aromatic N) is 2. The first-order chi connectivity index (χ1) is 17.1. The molecule has 0 aromatic heterocycles. The quantitative estimate of drug-likeness (QED) is 0.154. The van der Waals surface area contributed by atoms with Crippen LogP contribution in [0, 0.1) is 15.9 Å². The molecule has 11 heteroatoms. The van der Waals surface area contributed by atoms with Gasteiger partial charge in [-0.15, -0.1) is 0 Å². The van der Waals surface area contributed by atoms with Crippen molar-refractivity contribution in [1.29, 1.82) is 0 Å². The van der Waals surface area contributed by atoms with E-state index in [2.05, 4.69) is 0 Å². The molecular formula is C25H18ClFN2O7. The number of nitro groups is 1. The van der Waals surface area contributed by atoms with Crippen molar-refractivity contribution in [2.45, 2.75) is 13.0 Å². The van der Waals surface area contributed by atoms with Crippen LogP contribution in [0.5, 0.6) is 11.5 Å². The fourth-order valence-corrected chi connectivity index (χ4v) is 4.19. The number of phenols is 1. The number of phenolic OH excluding ortho intramolecular Hbond substituents is 1. The van der Waals surface area contributed by atoms with Crippen molar-refractivity contribution in [3.05, 3.63) is 98.3 Å². The summed E-state index contributed by atoms with van der Waals surface area (Å²) in [7, 11) is 0. The summed E-state index contributed by atoms with van der Waals surface area (Å²) in [5.41, 5.74) is -1.14. The van der Waals surface area contributed by atoms with Gasteiger partial charge in [0.1, 0.15) is 17.3 Å². The number of aromatic hydroxyl groups is 1. The Balaban J connectivity index is 2.01. The number of carbonyl (C=O) groups is 2. The molecule has 2 N–H and O–H groups in total. The van der Waals surface area contributed by atoms with Crippen molar-refractivity contribution in [3.8, 4) is 11.5 Å². The summed E-state index contributed by atoms with van der Waals surface area (Å²) in [4.78, 5) is 37.9. The van der Waals surface area contributed by atoms with Gasteiger partial charge in [0.2, 0.25) is 0 Å². The molecule has 1 aliphatic heterocycles. The summed E-state index contributed by atoms with van der Waals surface area (Å²) in [6.45, 7) is 2.05. The largest absolute Gasteiger partial charge is 0.507 e. The molecule has 1 aliphatic rings. The van der Waals surface area contributed by atoms with E-state index in [-0.39, 0.29) is 21.8 Å². The highest BCUT2D eigenvalue weighted by atomic mass is 35.5. The van der Waals surface area contributed by atoms with E-state index in [9.17, 15) is 34.3 Å². The van der Waals surface area contributed by atoms with E-state index in [1.54, 1.807) is 13.0 Å². The first-order valence-electron chi connectivity index (χ1n) is 10.6. The van der Waals surface area contributed by atoms with E-state index >= 15 is 0 Å². The van der Waals surface area contributed by atoms with Gasteiger partial charge in [0.15, 0.2) is 5.75 Å². The Bertz CT molecular complexity index is 1440. The first kappa shape index (κ1) is 24.7. The standard InChI is InChI=1S/C25H18ClFN2O7/c1-2-36-16-7-8-18(26)17(12-16)23(31)21-22(13-6-9-20(30)19(10-13)29(34)35)28(25(33)24(21)32)15-5-3-4-14(27)11-15/h3-12,22,30-31H,2H2,1H3/b23-21+. The Kier molecular flexibility index (Phi) is 6.63. The molecule has 0 spiro atoms. The van der Waals surface area contributed by atoms with E-state index in [0.29, 0.717) is 12.4 Å². The Morgan fingerprint density at radius 2 is 1.92 bits per heavy atom. The van der Waals surface area contributed by atoms with Crippen LogP contribution in [0.25, 0.3) is 5.76 Å². The van der Waals surface area contributed by atoms with Gasteiger partial charge in [-0.1, -0.05) is 23.7 Å². The predicted octanol–water partition coefficient (Wildman–Crippen LogP) is 5.12. The van der Waals surface area contributed by atoms with Crippen LogP contribution in [0.15, 0.2) is 66.2 Å². The molecule has 9 nitrogen and oxygen atoms in total. The average Bonchev–Trinajstić information content (AvgIpc) is 3.10. The number of carbonyl (C=O) groups excluding carboxylic acids is 2. The smallest absolute Gasteiger partial charge is 0.311 e. The Morgan fingerprint density at radius 1 is 1.17 bits per heavy atom. The number of Topliss-reactive ketones (excluding diaryl/α,β-unsaturated/α-hetero) is 1. The van der Waals surface area contributed by atoms with Gasteiger partial charge in [-0.2, -0.15) is 0 Å².